The average molecular weight is 313 g/mol. The molecule has 0 atom stereocenters. The number of rotatable bonds is 3. The van der Waals surface area contributed by atoms with Crippen molar-refractivity contribution in [1.82, 2.24) is 9.97 Å². The maximum absolute atomic E-state index is 13.1. The van der Waals surface area contributed by atoms with E-state index < -0.39 is 11.7 Å². The Morgan fingerprint density at radius 2 is 2.00 bits per heavy atom. The summed E-state index contributed by atoms with van der Waals surface area (Å²) < 4.78 is 13.1. The molecule has 0 saturated heterocycles. The normalized spacial score (nSPS) is 10.5. The molecule has 0 fully saturated rings. The highest BCUT2D eigenvalue weighted by Gasteiger charge is 2.11. The Labute approximate surface area is 130 Å². The molecule has 0 aliphatic rings. The van der Waals surface area contributed by atoms with Crippen LogP contribution in [0, 0.1) is 12.7 Å². The Morgan fingerprint density at radius 1 is 1.23 bits per heavy atom. The largest absolute Gasteiger partial charge is 0.296 e. The first-order valence-electron chi connectivity index (χ1n) is 6.57. The van der Waals surface area contributed by atoms with Crippen molar-refractivity contribution >= 4 is 22.4 Å². The maximum Gasteiger partial charge on any atom is 0.276 e. The van der Waals surface area contributed by atoms with Crippen LogP contribution in [0.2, 0.25) is 0 Å². The Hall–Kier alpha value is -2.60. The van der Waals surface area contributed by atoms with E-state index in [4.69, 9.17) is 0 Å². The number of aromatic nitrogens is 2. The van der Waals surface area contributed by atoms with Crippen LogP contribution >= 0.6 is 11.3 Å². The minimum atomic E-state index is -0.500. The number of halogens is 1. The zero-order valence-corrected chi connectivity index (χ0v) is 12.5. The van der Waals surface area contributed by atoms with Gasteiger partial charge in [0.05, 0.1) is 5.69 Å². The van der Waals surface area contributed by atoms with Crippen molar-refractivity contribution < 1.29 is 9.18 Å². The van der Waals surface area contributed by atoms with Gasteiger partial charge in [0, 0.05) is 23.2 Å². The molecule has 0 aliphatic heterocycles. The third-order valence-corrected chi connectivity index (χ3v) is 3.78. The minimum Gasteiger partial charge on any atom is -0.296 e. The molecule has 0 unspecified atom stereocenters. The molecule has 1 N–H and O–H groups in total. The van der Waals surface area contributed by atoms with Gasteiger partial charge in [-0.05, 0) is 13.0 Å². The minimum absolute atomic E-state index is 0.0204. The fraction of sp³-hybridized carbons (Fsp3) is 0.0625. The van der Waals surface area contributed by atoms with E-state index in [1.165, 1.54) is 29.2 Å². The van der Waals surface area contributed by atoms with Gasteiger partial charge in [-0.15, -0.1) is 11.3 Å². The number of amides is 1. The third-order valence-electron chi connectivity index (χ3n) is 3.03. The van der Waals surface area contributed by atoms with Crippen molar-refractivity contribution in [3.63, 3.8) is 0 Å². The highest BCUT2D eigenvalue weighted by molar-refractivity contribution is 7.14. The van der Waals surface area contributed by atoms with Crippen LogP contribution in [-0.2, 0) is 0 Å². The molecule has 1 amide bonds. The summed E-state index contributed by atoms with van der Waals surface area (Å²) in [6, 6.07) is 10.2. The number of anilines is 1. The van der Waals surface area contributed by atoms with Crippen LogP contribution in [0.4, 0.5) is 9.52 Å². The Bertz CT molecular complexity index is 814. The van der Waals surface area contributed by atoms with Crippen LogP contribution in [-0.4, -0.2) is 15.9 Å². The molecule has 0 bridgehead atoms. The molecule has 4 nitrogen and oxygen atoms in total. The number of aryl methyl sites for hydroxylation is 1. The number of benzene rings is 1. The second kappa shape index (κ2) is 6.03. The molecular weight excluding hydrogens is 301 g/mol. The van der Waals surface area contributed by atoms with Gasteiger partial charge in [0.1, 0.15) is 11.5 Å². The standard InChI is InChI=1S/C16H12FN3OS/c1-10-2-4-11(5-3-10)14-9-22-16(19-14)20-15(21)13-8-12(17)6-7-18-13/h2-9H,1H3,(H,19,20,21). The molecule has 0 spiro atoms. The molecule has 0 radical (unpaired) electrons. The zero-order chi connectivity index (χ0) is 15.5. The van der Waals surface area contributed by atoms with E-state index in [0.717, 1.165) is 17.3 Å². The molecule has 1 aromatic carbocycles. The van der Waals surface area contributed by atoms with E-state index in [-0.39, 0.29) is 5.69 Å². The Morgan fingerprint density at radius 3 is 2.73 bits per heavy atom. The second-order valence-electron chi connectivity index (χ2n) is 4.72. The van der Waals surface area contributed by atoms with E-state index in [2.05, 4.69) is 15.3 Å². The Balaban J connectivity index is 1.77. The number of carbonyl (C=O) groups is 1. The molecule has 2 aromatic heterocycles. The van der Waals surface area contributed by atoms with E-state index in [1.807, 2.05) is 36.6 Å². The van der Waals surface area contributed by atoms with E-state index >= 15 is 0 Å². The summed E-state index contributed by atoms with van der Waals surface area (Å²) in [5.74, 6) is -0.982. The lowest BCUT2D eigenvalue weighted by atomic mass is 10.1. The molecule has 3 aromatic rings. The highest BCUT2D eigenvalue weighted by atomic mass is 32.1. The fourth-order valence-electron chi connectivity index (χ4n) is 1.88. The van der Waals surface area contributed by atoms with Crippen molar-refractivity contribution in [2.75, 3.05) is 5.32 Å². The number of carbonyl (C=O) groups excluding carboxylic acids is 1. The summed E-state index contributed by atoms with van der Waals surface area (Å²) in [4.78, 5) is 20.2. The van der Waals surface area contributed by atoms with Crippen molar-refractivity contribution in [1.29, 1.82) is 0 Å². The smallest absolute Gasteiger partial charge is 0.276 e. The number of nitrogens with zero attached hydrogens (tertiary/aromatic N) is 2. The van der Waals surface area contributed by atoms with Gasteiger partial charge in [-0.2, -0.15) is 0 Å². The lowest BCUT2D eigenvalue weighted by Crippen LogP contribution is -2.13. The predicted octanol–water partition coefficient (Wildman–Crippen LogP) is 3.90. The molecule has 2 heterocycles. The topological polar surface area (TPSA) is 54.9 Å². The van der Waals surface area contributed by atoms with Crippen LogP contribution in [0.25, 0.3) is 11.3 Å². The average Bonchev–Trinajstić information content (AvgIpc) is 2.96. The number of hydrogen-bond donors (Lipinski definition) is 1. The van der Waals surface area contributed by atoms with Gasteiger partial charge in [-0.3, -0.25) is 15.1 Å². The molecule has 3 rings (SSSR count). The van der Waals surface area contributed by atoms with Gasteiger partial charge < -0.3 is 0 Å². The first-order valence-corrected chi connectivity index (χ1v) is 7.45. The summed E-state index contributed by atoms with van der Waals surface area (Å²) in [6.45, 7) is 2.02. The first kappa shape index (κ1) is 14.3. The molecule has 110 valence electrons. The number of hydrogen-bond acceptors (Lipinski definition) is 4. The lowest BCUT2D eigenvalue weighted by Gasteiger charge is -2.01. The number of nitrogens with one attached hydrogen (secondary N) is 1. The molecule has 0 saturated carbocycles. The quantitative estimate of drug-likeness (QED) is 0.797. The maximum atomic E-state index is 13.1. The van der Waals surface area contributed by atoms with Crippen LogP contribution in [0.5, 0.6) is 0 Å². The van der Waals surface area contributed by atoms with Crippen LogP contribution < -0.4 is 5.32 Å². The first-order chi connectivity index (χ1) is 10.6. The third kappa shape index (κ3) is 3.17. The summed E-state index contributed by atoms with van der Waals surface area (Å²) in [5, 5.41) is 4.94. The van der Waals surface area contributed by atoms with Crippen LogP contribution in [0.15, 0.2) is 48.0 Å². The van der Waals surface area contributed by atoms with E-state index in [1.54, 1.807) is 0 Å². The highest BCUT2D eigenvalue weighted by Crippen LogP contribution is 2.25. The van der Waals surface area contributed by atoms with E-state index in [9.17, 15) is 9.18 Å². The second-order valence-corrected chi connectivity index (χ2v) is 5.58. The molecular formula is C16H12FN3OS. The summed E-state index contributed by atoms with van der Waals surface area (Å²) in [5.41, 5.74) is 2.95. The van der Waals surface area contributed by atoms with Gasteiger partial charge in [-0.1, -0.05) is 29.8 Å². The SMILES string of the molecule is Cc1ccc(-c2csc(NC(=O)c3cc(F)ccn3)n2)cc1. The molecule has 6 heteroatoms. The lowest BCUT2D eigenvalue weighted by molar-refractivity contribution is 0.102. The van der Waals surface area contributed by atoms with Crippen molar-refractivity contribution in [2.45, 2.75) is 6.92 Å². The zero-order valence-electron chi connectivity index (χ0n) is 11.7. The van der Waals surface area contributed by atoms with Gasteiger partial charge in [0.25, 0.3) is 5.91 Å². The predicted molar refractivity (Wildman–Crippen MR) is 84.4 cm³/mol. The van der Waals surface area contributed by atoms with Crippen LogP contribution in [0.3, 0.4) is 0 Å². The summed E-state index contributed by atoms with van der Waals surface area (Å²) in [7, 11) is 0. The van der Waals surface area contributed by atoms with Gasteiger partial charge >= 0.3 is 0 Å². The Kier molecular flexibility index (Phi) is 3.93. The number of pyridine rings is 1. The fourth-order valence-corrected chi connectivity index (χ4v) is 2.59. The van der Waals surface area contributed by atoms with Crippen LogP contribution in [0.1, 0.15) is 16.1 Å². The van der Waals surface area contributed by atoms with Gasteiger partial charge in [-0.25, -0.2) is 9.37 Å². The van der Waals surface area contributed by atoms with Gasteiger partial charge in [0.2, 0.25) is 0 Å². The van der Waals surface area contributed by atoms with Crippen molar-refractivity contribution in [3.05, 3.63) is 65.0 Å². The molecule has 22 heavy (non-hydrogen) atoms. The van der Waals surface area contributed by atoms with Crippen molar-refractivity contribution in [3.8, 4) is 11.3 Å². The van der Waals surface area contributed by atoms with Gasteiger partial charge in [0.15, 0.2) is 5.13 Å². The summed E-state index contributed by atoms with van der Waals surface area (Å²) >= 11 is 1.31. The monoisotopic (exact) mass is 313 g/mol. The number of thiazole rings is 1. The van der Waals surface area contributed by atoms with E-state index in [0.29, 0.717) is 5.13 Å². The summed E-state index contributed by atoms with van der Waals surface area (Å²) in [6.07, 6.45) is 1.25. The molecule has 0 aliphatic carbocycles. The van der Waals surface area contributed by atoms with Crippen molar-refractivity contribution in [2.24, 2.45) is 0 Å².